The summed E-state index contributed by atoms with van der Waals surface area (Å²) < 4.78 is 12.4. The van der Waals surface area contributed by atoms with Gasteiger partial charge in [0.1, 0.15) is 12.4 Å². The predicted molar refractivity (Wildman–Crippen MR) is 82.8 cm³/mol. The van der Waals surface area contributed by atoms with Crippen LogP contribution in [0.4, 0.5) is 0 Å². The molecule has 0 heterocycles. The molecule has 1 atom stereocenters. The van der Waals surface area contributed by atoms with Crippen molar-refractivity contribution in [2.24, 2.45) is 0 Å². The van der Waals surface area contributed by atoms with Crippen LogP contribution < -0.4 is 10.1 Å². The summed E-state index contributed by atoms with van der Waals surface area (Å²) in [5, 5.41) is 3.41. The van der Waals surface area contributed by atoms with Gasteiger partial charge in [-0.15, -0.1) is 0 Å². The molecule has 19 heavy (non-hydrogen) atoms. The molecule has 3 nitrogen and oxygen atoms in total. The normalized spacial score (nSPS) is 12.7. The molecule has 1 rings (SSSR count). The fraction of sp³-hybridized carbons (Fsp3) is 0.600. The van der Waals surface area contributed by atoms with Gasteiger partial charge in [-0.1, -0.05) is 22.9 Å². The lowest BCUT2D eigenvalue weighted by Crippen LogP contribution is -2.19. The smallest absolute Gasteiger partial charge is 0.124 e. The molecule has 0 aliphatic carbocycles. The molecule has 0 radical (unpaired) electrons. The van der Waals surface area contributed by atoms with Crippen LogP contribution in [0, 0.1) is 0 Å². The Morgan fingerprint density at radius 1 is 1.21 bits per heavy atom. The van der Waals surface area contributed by atoms with Gasteiger partial charge in [-0.25, -0.2) is 0 Å². The summed E-state index contributed by atoms with van der Waals surface area (Å²) in [6, 6.07) is 6.37. The molecule has 0 saturated carbocycles. The first-order valence-electron chi connectivity index (χ1n) is 6.81. The van der Waals surface area contributed by atoms with E-state index in [4.69, 9.17) is 9.47 Å². The van der Waals surface area contributed by atoms with Crippen molar-refractivity contribution in [1.82, 2.24) is 5.32 Å². The first kappa shape index (κ1) is 16.5. The largest absolute Gasteiger partial charge is 0.491 e. The minimum absolute atomic E-state index is 0.244. The second-order valence-electron chi connectivity index (χ2n) is 4.73. The highest BCUT2D eigenvalue weighted by atomic mass is 79.9. The average Bonchev–Trinajstić information content (AvgIpc) is 2.36. The fourth-order valence-electron chi connectivity index (χ4n) is 1.84. The summed E-state index contributed by atoms with van der Waals surface area (Å²) in [6.45, 7) is 10.4. The number of hydrogen-bond donors (Lipinski definition) is 1. The van der Waals surface area contributed by atoms with E-state index < -0.39 is 0 Å². The summed E-state index contributed by atoms with van der Waals surface area (Å²) in [5.74, 6) is 0.920. The highest BCUT2D eigenvalue weighted by Crippen LogP contribution is 2.28. The van der Waals surface area contributed by atoms with Gasteiger partial charge in [-0.3, -0.25) is 0 Å². The third kappa shape index (κ3) is 5.93. The van der Waals surface area contributed by atoms with Crippen molar-refractivity contribution in [3.63, 3.8) is 0 Å². The number of ether oxygens (including phenoxy) is 2. The van der Waals surface area contributed by atoms with E-state index in [2.05, 4.69) is 41.2 Å². The van der Waals surface area contributed by atoms with E-state index in [-0.39, 0.29) is 12.1 Å². The average molecular weight is 330 g/mol. The fourth-order valence-corrected chi connectivity index (χ4v) is 2.22. The Bertz CT molecular complexity index is 382. The molecule has 0 spiro atoms. The van der Waals surface area contributed by atoms with Gasteiger partial charge >= 0.3 is 0 Å². The van der Waals surface area contributed by atoms with Crippen molar-refractivity contribution >= 4 is 15.9 Å². The lowest BCUT2D eigenvalue weighted by molar-refractivity contribution is 0.0549. The maximum absolute atomic E-state index is 5.82. The van der Waals surface area contributed by atoms with Gasteiger partial charge in [0.05, 0.1) is 12.7 Å². The van der Waals surface area contributed by atoms with E-state index in [1.54, 1.807) is 0 Å². The molecule has 4 heteroatoms. The monoisotopic (exact) mass is 329 g/mol. The number of halogens is 1. The lowest BCUT2D eigenvalue weighted by Gasteiger charge is -2.18. The summed E-state index contributed by atoms with van der Waals surface area (Å²) in [6.07, 6.45) is 0.244. The van der Waals surface area contributed by atoms with E-state index in [0.717, 1.165) is 16.8 Å². The van der Waals surface area contributed by atoms with E-state index >= 15 is 0 Å². The summed E-state index contributed by atoms with van der Waals surface area (Å²) in [7, 11) is 0. The third-order valence-electron chi connectivity index (χ3n) is 2.74. The van der Waals surface area contributed by atoms with Crippen molar-refractivity contribution in [1.29, 1.82) is 0 Å². The Morgan fingerprint density at radius 3 is 2.58 bits per heavy atom. The molecule has 0 fully saturated rings. The van der Waals surface area contributed by atoms with Crippen LogP contribution in [0.1, 0.15) is 39.3 Å². The number of nitrogens with one attached hydrogen (secondary N) is 1. The first-order valence-corrected chi connectivity index (χ1v) is 7.61. The molecule has 1 unspecified atom stereocenters. The summed E-state index contributed by atoms with van der Waals surface area (Å²) >= 11 is 3.51. The van der Waals surface area contributed by atoms with E-state index in [1.165, 1.54) is 5.56 Å². The van der Waals surface area contributed by atoms with Gasteiger partial charge in [0.2, 0.25) is 0 Å². The number of benzene rings is 1. The molecule has 1 aromatic rings. The van der Waals surface area contributed by atoms with Crippen LogP contribution in [0.3, 0.4) is 0 Å². The second-order valence-corrected chi connectivity index (χ2v) is 5.65. The van der Waals surface area contributed by atoms with Crippen LogP contribution in [0.5, 0.6) is 5.75 Å². The molecule has 0 amide bonds. The summed E-state index contributed by atoms with van der Waals surface area (Å²) in [4.78, 5) is 0. The van der Waals surface area contributed by atoms with Crippen LogP contribution in [0.2, 0.25) is 0 Å². The molecular weight excluding hydrogens is 306 g/mol. The Labute approximate surface area is 124 Å². The van der Waals surface area contributed by atoms with Crippen molar-refractivity contribution in [2.75, 3.05) is 19.8 Å². The maximum Gasteiger partial charge on any atom is 0.124 e. The molecule has 0 aromatic heterocycles. The Morgan fingerprint density at radius 2 is 1.95 bits per heavy atom. The Balaban J connectivity index is 2.65. The van der Waals surface area contributed by atoms with Gasteiger partial charge in [0, 0.05) is 16.1 Å². The highest BCUT2D eigenvalue weighted by molar-refractivity contribution is 9.10. The number of hydrogen-bond acceptors (Lipinski definition) is 3. The van der Waals surface area contributed by atoms with Crippen LogP contribution in [0.15, 0.2) is 22.7 Å². The van der Waals surface area contributed by atoms with Gasteiger partial charge in [-0.2, -0.15) is 0 Å². The third-order valence-corrected chi connectivity index (χ3v) is 3.23. The zero-order chi connectivity index (χ0) is 14.3. The van der Waals surface area contributed by atoms with Crippen LogP contribution >= 0.6 is 15.9 Å². The predicted octanol–water partition coefficient (Wildman–Crippen LogP) is 3.92. The van der Waals surface area contributed by atoms with Crippen molar-refractivity contribution in [2.45, 2.75) is 39.8 Å². The van der Waals surface area contributed by atoms with Crippen LogP contribution in [-0.4, -0.2) is 25.9 Å². The minimum Gasteiger partial charge on any atom is -0.491 e. The van der Waals surface area contributed by atoms with Crippen LogP contribution in [0.25, 0.3) is 0 Å². The molecule has 0 saturated heterocycles. The molecule has 0 aliphatic rings. The maximum atomic E-state index is 5.82. The van der Waals surface area contributed by atoms with E-state index in [0.29, 0.717) is 13.2 Å². The minimum atomic E-state index is 0.244. The van der Waals surface area contributed by atoms with Crippen molar-refractivity contribution in [3.8, 4) is 5.75 Å². The van der Waals surface area contributed by atoms with E-state index in [9.17, 15) is 0 Å². The lowest BCUT2D eigenvalue weighted by atomic mass is 10.1. The quantitative estimate of drug-likeness (QED) is 0.733. The van der Waals surface area contributed by atoms with Gasteiger partial charge in [-0.05, 0) is 45.5 Å². The van der Waals surface area contributed by atoms with Crippen molar-refractivity contribution < 1.29 is 9.47 Å². The molecule has 1 aromatic carbocycles. The van der Waals surface area contributed by atoms with Gasteiger partial charge < -0.3 is 14.8 Å². The number of rotatable bonds is 8. The Kier molecular flexibility index (Phi) is 7.42. The molecule has 0 aliphatic heterocycles. The molecule has 0 bridgehead atoms. The zero-order valence-electron chi connectivity index (χ0n) is 12.2. The Hall–Kier alpha value is -0.580. The zero-order valence-corrected chi connectivity index (χ0v) is 13.8. The van der Waals surface area contributed by atoms with E-state index in [1.807, 2.05) is 26.0 Å². The van der Waals surface area contributed by atoms with Gasteiger partial charge in [0.15, 0.2) is 0 Å². The SMILES string of the molecule is CCNC(C)c1cc(Br)ccc1OCCOC(C)C. The molecule has 108 valence electrons. The standard InChI is InChI=1S/C15H24BrNO2/c1-5-17-12(4)14-10-13(16)6-7-15(14)19-9-8-18-11(2)3/h6-7,10-12,17H,5,8-9H2,1-4H3. The molecular formula is C15H24BrNO2. The highest BCUT2D eigenvalue weighted by Gasteiger charge is 2.11. The summed E-state index contributed by atoms with van der Waals surface area (Å²) in [5.41, 5.74) is 1.17. The topological polar surface area (TPSA) is 30.5 Å². The first-order chi connectivity index (χ1) is 9.04. The van der Waals surface area contributed by atoms with Gasteiger partial charge in [0.25, 0.3) is 0 Å². The van der Waals surface area contributed by atoms with Crippen LogP contribution in [-0.2, 0) is 4.74 Å². The van der Waals surface area contributed by atoms with Crippen molar-refractivity contribution in [3.05, 3.63) is 28.2 Å². The molecule has 1 N–H and O–H groups in total. The second kappa shape index (κ2) is 8.56.